The van der Waals surface area contributed by atoms with Crippen LogP contribution in [0.25, 0.3) is 11.1 Å². The van der Waals surface area contributed by atoms with E-state index in [2.05, 4.69) is 53.4 Å². The number of nitrogens with zero attached hydrogens (tertiary/aromatic N) is 1. The summed E-state index contributed by atoms with van der Waals surface area (Å²) in [5.41, 5.74) is 5.90. The summed E-state index contributed by atoms with van der Waals surface area (Å²) in [5, 5.41) is 7.77. The molecular formula is C26H28ClNO2. The van der Waals surface area contributed by atoms with E-state index < -0.39 is 0 Å². The number of aldehydes is 1. The molecule has 0 aliphatic carbocycles. The second kappa shape index (κ2) is 11.0. The standard InChI is InChI=1S/C25H24ClNO.CH4O/c26-23-9-7-21(8-10-23)25-4-2-1-3-22(25)17-19-13-15-27(16-14-19)24-11-5-20(18-28)6-12-24;1-2/h1-12,18-19H,13-17H2;2H,1H3. The van der Waals surface area contributed by atoms with Gasteiger partial charge in [-0.25, -0.2) is 0 Å². The predicted octanol–water partition coefficient (Wildman–Crippen LogP) is 5.89. The third kappa shape index (κ3) is 5.50. The minimum Gasteiger partial charge on any atom is -0.400 e. The first-order valence-corrected chi connectivity index (χ1v) is 10.7. The summed E-state index contributed by atoms with van der Waals surface area (Å²) in [6, 6.07) is 24.8. The van der Waals surface area contributed by atoms with Crippen LogP contribution in [0.3, 0.4) is 0 Å². The van der Waals surface area contributed by atoms with Crippen molar-refractivity contribution in [2.45, 2.75) is 19.3 Å². The van der Waals surface area contributed by atoms with E-state index in [0.29, 0.717) is 5.92 Å². The van der Waals surface area contributed by atoms with Gasteiger partial charge in [-0.3, -0.25) is 4.79 Å². The van der Waals surface area contributed by atoms with Crippen LogP contribution in [0.5, 0.6) is 0 Å². The summed E-state index contributed by atoms with van der Waals surface area (Å²) in [6.45, 7) is 2.13. The van der Waals surface area contributed by atoms with Gasteiger partial charge >= 0.3 is 0 Å². The lowest BCUT2D eigenvalue weighted by Gasteiger charge is -2.34. The summed E-state index contributed by atoms with van der Waals surface area (Å²) in [7, 11) is 1.00. The Hall–Kier alpha value is -2.62. The number of aliphatic hydroxyl groups excluding tert-OH is 1. The summed E-state index contributed by atoms with van der Waals surface area (Å²) >= 11 is 6.05. The molecule has 1 saturated heterocycles. The van der Waals surface area contributed by atoms with Crippen LogP contribution in [0.15, 0.2) is 72.8 Å². The zero-order valence-corrected chi connectivity index (χ0v) is 18.1. The van der Waals surface area contributed by atoms with Crippen molar-refractivity contribution in [3.8, 4) is 11.1 Å². The van der Waals surface area contributed by atoms with E-state index in [4.69, 9.17) is 16.7 Å². The van der Waals surface area contributed by atoms with Crippen LogP contribution in [0, 0.1) is 5.92 Å². The molecule has 1 heterocycles. The molecule has 1 N–H and O–H groups in total. The highest BCUT2D eigenvalue weighted by Crippen LogP contribution is 2.31. The Labute approximate surface area is 183 Å². The highest BCUT2D eigenvalue weighted by atomic mass is 35.5. The molecule has 0 spiro atoms. The summed E-state index contributed by atoms with van der Waals surface area (Å²) in [6.07, 6.45) is 4.37. The number of hydrogen-bond acceptors (Lipinski definition) is 3. The fraction of sp³-hybridized carbons (Fsp3) is 0.269. The van der Waals surface area contributed by atoms with Gasteiger partial charge in [0, 0.05) is 36.5 Å². The lowest BCUT2D eigenvalue weighted by atomic mass is 9.87. The van der Waals surface area contributed by atoms with Crippen LogP contribution >= 0.6 is 11.6 Å². The first-order chi connectivity index (χ1) is 14.7. The Morgan fingerprint density at radius 2 is 1.57 bits per heavy atom. The third-order valence-electron chi connectivity index (χ3n) is 5.69. The van der Waals surface area contributed by atoms with Crippen LogP contribution in [-0.4, -0.2) is 31.6 Å². The van der Waals surface area contributed by atoms with Gasteiger partial charge in [0.25, 0.3) is 0 Å². The van der Waals surface area contributed by atoms with E-state index >= 15 is 0 Å². The topological polar surface area (TPSA) is 40.5 Å². The Morgan fingerprint density at radius 1 is 0.933 bits per heavy atom. The Kier molecular flexibility index (Phi) is 8.06. The van der Waals surface area contributed by atoms with Crippen molar-refractivity contribution in [3.63, 3.8) is 0 Å². The third-order valence-corrected chi connectivity index (χ3v) is 5.94. The quantitative estimate of drug-likeness (QED) is 0.522. The van der Waals surface area contributed by atoms with E-state index in [-0.39, 0.29) is 0 Å². The largest absolute Gasteiger partial charge is 0.400 e. The molecule has 3 aromatic carbocycles. The van der Waals surface area contributed by atoms with Gasteiger partial charge in [-0.1, -0.05) is 48.0 Å². The second-order valence-electron chi connectivity index (χ2n) is 7.51. The van der Waals surface area contributed by atoms with Crippen molar-refractivity contribution < 1.29 is 9.90 Å². The number of carbonyl (C=O) groups excluding carboxylic acids is 1. The molecule has 3 aromatic rings. The number of benzene rings is 3. The number of hydrogen-bond donors (Lipinski definition) is 1. The molecule has 1 aliphatic heterocycles. The van der Waals surface area contributed by atoms with Crippen LogP contribution in [-0.2, 0) is 6.42 Å². The average molecular weight is 422 g/mol. The summed E-state index contributed by atoms with van der Waals surface area (Å²) in [4.78, 5) is 13.3. The molecule has 4 rings (SSSR count). The number of aliphatic hydroxyl groups is 1. The minimum atomic E-state index is 0.693. The van der Waals surface area contributed by atoms with Gasteiger partial charge < -0.3 is 10.0 Å². The molecule has 0 unspecified atom stereocenters. The van der Waals surface area contributed by atoms with E-state index in [1.807, 2.05) is 24.3 Å². The van der Waals surface area contributed by atoms with Crippen molar-refractivity contribution in [1.82, 2.24) is 0 Å². The van der Waals surface area contributed by atoms with Crippen LogP contribution < -0.4 is 4.90 Å². The Bertz CT molecular complexity index is 930. The maximum Gasteiger partial charge on any atom is 0.150 e. The smallest absolute Gasteiger partial charge is 0.150 e. The average Bonchev–Trinajstić information content (AvgIpc) is 2.82. The van der Waals surface area contributed by atoms with Gasteiger partial charge in [-0.15, -0.1) is 0 Å². The Balaban J connectivity index is 0.00000124. The van der Waals surface area contributed by atoms with E-state index in [9.17, 15) is 4.79 Å². The zero-order chi connectivity index (χ0) is 21.3. The molecule has 0 atom stereocenters. The van der Waals surface area contributed by atoms with Crippen LogP contribution in [0.4, 0.5) is 5.69 Å². The predicted molar refractivity (Wildman–Crippen MR) is 126 cm³/mol. The SMILES string of the molecule is CO.O=Cc1ccc(N2CCC(Cc3ccccc3-c3ccc(Cl)cc3)CC2)cc1. The number of carbonyl (C=O) groups is 1. The van der Waals surface area contributed by atoms with E-state index in [1.165, 1.54) is 35.2 Å². The van der Waals surface area contributed by atoms with Gasteiger partial charge in [-0.05, 0) is 78.3 Å². The fourth-order valence-electron chi connectivity index (χ4n) is 4.08. The maximum atomic E-state index is 10.8. The number of piperidine rings is 1. The van der Waals surface area contributed by atoms with Gasteiger partial charge in [-0.2, -0.15) is 0 Å². The molecule has 0 bridgehead atoms. The maximum absolute atomic E-state index is 10.8. The Morgan fingerprint density at radius 3 is 2.20 bits per heavy atom. The number of anilines is 1. The molecule has 0 aromatic heterocycles. The van der Waals surface area contributed by atoms with Gasteiger partial charge in [0.15, 0.2) is 0 Å². The summed E-state index contributed by atoms with van der Waals surface area (Å²) < 4.78 is 0. The van der Waals surface area contributed by atoms with E-state index in [0.717, 1.165) is 43.5 Å². The zero-order valence-electron chi connectivity index (χ0n) is 17.3. The van der Waals surface area contributed by atoms with E-state index in [1.54, 1.807) is 0 Å². The first kappa shape index (κ1) is 22.1. The molecule has 0 radical (unpaired) electrons. The summed E-state index contributed by atoms with van der Waals surface area (Å²) in [5.74, 6) is 0.693. The molecule has 4 heteroatoms. The molecule has 30 heavy (non-hydrogen) atoms. The molecule has 0 saturated carbocycles. The van der Waals surface area contributed by atoms with Gasteiger partial charge in [0.1, 0.15) is 6.29 Å². The highest BCUT2D eigenvalue weighted by molar-refractivity contribution is 6.30. The minimum absolute atomic E-state index is 0.693. The van der Waals surface area contributed by atoms with Crippen LogP contribution in [0.1, 0.15) is 28.8 Å². The number of halogens is 1. The molecule has 0 amide bonds. The lowest BCUT2D eigenvalue weighted by Crippen LogP contribution is -2.34. The van der Waals surface area contributed by atoms with Crippen molar-refractivity contribution in [2.24, 2.45) is 5.92 Å². The molecule has 156 valence electrons. The normalized spacial score (nSPS) is 14.0. The monoisotopic (exact) mass is 421 g/mol. The molecule has 1 fully saturated rings. The molecule has 3 nitrogen and oxygen atoms in total. The fourth-order valence-corrected chi connectivity index (χ4v) is 4.21. The number of rotatable bonds is 5. The van der Waals surface area contributed by atoms with Crippen molar-refractivity contribution in [1.29, 1.82) is 0 Å². The molecule has 1 aliphatic rings. The van der Waals surface area contributed by atoms with Crippen LogP contribution in [0.2, 0.25) is 5.02 Å². The highest BCUT2D eigenvalue weighted by Gasteiger charge is 2.21. The van der Waals surface area contributed by atoms with Crippen molar-refractivity contribution >= 4 is 23.6 Å². The lowest BCUT2D eigenvalue weighted by molar-refractivity contribution is 0.112. The van der Waals surface area contributed by atoms with Gasteiger partial charge in [0.2, 0.25) is 0 Å². The molecular weight excluding hydrogens is 394 g/mol. The second-order valence-corrected chi connectivity index (χ2v) is 7.94. The van der Waals surface area contributed by atoms with Crippen molar-refractivity contribution in [2.75, 3.05) is 25.1 Å². The van der Waals surface area contributed by atoms with Crippen molar-refractivity contribution in [3.05, 3.63) is 88.9 Å². The first-order valence-electron chi connectivity index (χ1n) is 10.3. The van der Waals surface area contributed by atoms with Gasteiger partial charge in [0.05, 0.1) is 0 Å².